The van der Waals surface area contributed by atoms with Crippen LogP contribution in [0.3, 0.4) is 0 Å². The van der Waals surface area contributed by atoms with Crippen LogP contribution in [0.15, 0.2) is 16.9 Å². The van der Waals surface area contributed by atoms with E-state index in [9.17, 15) is 4.79 Å². The lowest BCUT2D eigenvalue weighted by atomic mass is 10.2. The number of hydrogen-bond acceptors (Lipinski definition) is 3. The lowest BCUT2D eigenvalue weighted by Gasteiger charge is -2.06. The molecule has 60 valence electrons. The van der Waals surface area contributed by atoms with Crippen molar-refractivity contribution in [1.29, 1.82) is 0 Å². The second kappa shape index (κ2) is 3.34. The van der Waals surface area contributed by atoms with Crippen molar-refractivity contribution in [3.05, 3.63) is 23.7 Å². The molecule has 11 heavy (non-hydrogen) atoms. The molecule has 0 fully saturated rings. The summed E-state index contributed by atoms with van der Waals surface area (Å²) in [4.78, 5) is 12.4. The third-order valence-electron chi connectivity index (χ3n) is 1.39. The number of nitrogens with zero attached hydrogens (tertiary/aromatic N) is 1. The summed E-state index contributed by atoms with van der Waals surface area (Å²) in [6, 6.07) is 0. The van der Waals surface area contributed by atoms with Gasteiger partial charge >= 0.3 is 0 Å². The van der Waals surface area contributed by atoms with Gasteiger partial charge in [-0.3, -0.25) is 4.79 Å². The SMILES string of the molecule is CN(C)Cc1cocc1C=O. The molecule has 0 amide bonds. The van der Waals surface area contributed by atoms with Gasteiger partial charge in [0.1, 0.15) is 6.26 Å². The maximum absolute atomic E-state index is 10.4. The van der Waals surface area contributed by atoms with E-state index in [1.165, 1.54) is 6.26 Å². The smallest absolute Gasteiger partial charge is 0.153 e. The molecule has 0 unspecified atom stereocenters. The summed E-state index contributed by atoms with van der Waals surface area (Å²) < 4.78 is 4.88. The molecule has 0 atom stereocenters. The highest BCUT2D eigenvalue weighted by Gasteiger charge is 2.03. The van der Waals surface area contributed by atoms with Gasteiger partial charge in [-0.25, -0.2) is 0 Å². The van der Waals surface area contributed by atoms with Crippen molar-refractivity contribution >= 4 is 6.29 Å². The molecule has 0 N–H and O–H groups in total. The Hall–Kier alpha value is -1.09. The third-order valence-corrected chi connectivity index (χ3v) is 1.39. The van der Waals surface area contributed by atoms with E-state index in [4.69, 9.17) is 4.42 Å². The van der Waals surface area contributed by atoms with E-state index in [1.807, 2.05) is 19.0 Å². The standard InChI is InChI=1S/C8H11NO2/c1-9(2)3-7-5-11-6-8(7)4-10/h4-6H,3H2,1-2H3. The molecular weight excluding hydrogens is 142 g/mol. The molecule has 3 nitrogen and oxygen atoms in total. The van der Waals surface area contributed by atoms with Gasteiger partial charge in [0, 0.05) is 12.1 Å². The van der Waals surface area contributed by atoms with Crippen LogP contribution < -0.4 is 0 Å². The van der Waals surface area contributed by atoms with E-state index in [1.54, 1.807) is 6.26 Å². The second-order valence-electron chi connectivity index (χ2n) is 2.71. The Morgan fingerprint density at radius 1 is 1.55 bits per heavy atom. The minimum Gasteiger partial charge on any atom is -0.472 e. The molecule has 1 rings (SSSR count). The maximum Gasteiger partial charge on any atom is 0.153 e. The van der Waals surface area contributed by atoms with E-state index in [-0.39, 0.29) is 0 Å². The Morgan fingerprint density at radius 3 is 2.82 bits per heavy atom. The number of aldehydes is 1. The number of rotatable bonds is 3. The van der Waals surface area contributed by atoms with Gasteiger partial charge in [-0.15, -0.1) is 0 Å². The predicted molar refractivity (Wildman–Crippen MR) is 41.5 cm³/mol. The van der Waals surface area contributed by atoms with Gasteiger partial charge in [0.15, 0.2) is 6.29 Å². The topological polar surface area (TPSA) is 33.5 Å². The lowest BCUT2D eigenvalue weighted by molar-refractivity contribution is 0.112. The van der Waals surface area contributed by atoms with E-state index < -0.39 is 0 Å². The van der Waals surface area contributed by atoms with Crippen molar-refractivity contribution in [1.82, 2.24) is 4.90 Å². The van der Waals surface area contributed by atoms with Crippen LogP contribution in [-0.2, 0) is 6.54 Å². The fraction of sp³-hybridized carbons (Fsp3) is 0.375. The van der Waals surface area contributed by atoms with Crippen LogP contribution in [0, 0.1) is 0 Å². The Labute approximate surface area is 65.6 Å². The highest BCUT2D eigenvalue weighted by Crippen LogP contribution is 2.08. The monoisotopic (exact) mass is 153 g/mol. The van der Waals surface area contributed by atoms with Crippen LogP contribution in [0.25, 0.3) is 0 Å². The fourth-order valence-electron chi connectivity index (χ4n) is 0.906. The molecular formula is C8H11NO2. The minimum atomic E-state index is 0.638. The quantitative estimate of drug-likeness (QED) is 0.611. The van der Waals surface area contributed by atoms with Crippen molar-refractivity contribution in [3.63, 3.8) is 0 Å². The van der Waals surface area contributed by atoms with Gasteiger partial charge in [-0.1, -0.05) is 0 Å². The summed E-state index contributed by atoms with van der Waals surface area (Å²) in [7, 11) is 3.89. The third kappa shape index (κ3) is 1.91. The summed E-state index contributed by atoms with van der Waals surface area (Å²) in [6.45, 7) is 0.741. The van der Waals surface area contributed by atoms with Crippen molar-refractivity contribution in [3.8, 4) is 0 Å². The van der Waals surface area contributed by atoms with E-state index in [0.29, 0.717) is 5.56 Å². The highest BCUT2D eigenvalue weighted by atomic mass is 16.3. The van der Waals surface area contributed by atoms with Gasteiger partial charge in [-0.05, 0) is 14.1 Å². The molecule has 3 heteroatoms. The van der Waals surface area contributed by atoms with Crippen LogP contribution in [0.1, 0.15) is 15.9 Å². The Kier molecular flexibility index (Phi) is 2.44. The second-order valence-corrected chi connectivity index (χ2v) is 2.71. The fourth-order valence-corrected chi connectivity index (χ4v) is 0.906. The summed E-state index contributed by atoms with van der Waals surface area (Å²) in [5.74, 6) is 0. The van der Waals surface area contributed by atoms with Gasteiger partial charge in [-0.2, -0.15) is 0 Å². The summed E-state index contributed by atoms with van der Waals surface area (Å²) in [5.41, 5.74) is 1.57. The first-order valence-corrected chi connectivity index (χ1v) is 3.39. The molecule has 0 saturated carbocycles. The van der Waals surface area contributed by atoms with E-state index in [2.05, 4.69) is 0 Å². The minimum absolute atomic E-state index is 0.638. The number of furan rings is 1. The first-order chi connectivity index (χ1) is 5.24. The molecule has 0 bridgehead atoms. The Morgan fingerprint density at radius 2 is 2.27 bits per heavy atom. The Bertz CT molecular complexity index is 240. The molecule has 0 spiro atoms. The predicted octanol–water partition coefficient (Wildman–Crippen LogP) is 1.15. The molecule has 1 aromatic heterocycles. The van der Waals surface area contributed by atoms with Crippen molar-refractivity contribution in [2.45, 2.75) is 6.54 Å². The molecule has 1 aromatic rings. The van der Waals surface area contributed by atoms with Crippen LogP contribution in [-0.4, -0.2) is 25.3 Å². The average Bonchev–Trinajstić information content (AvgIpc) is 2.34. The van der Waals surface area contributed by atoms with Crippen LogP contribution >= 0.6 is 0 Å². The first-order valence-electron chi connectivity index (χ1n) is 3.39. The van der Waals surface area contributed by atoms with Crippen LogP contribution in [0.4, 0.5) is 0 Å². The summed E-state index contributed by atoms with van der Waals surface area (Å²) in [6.07, 6.45) is 3.87. The molecule has 0 aliphatic heterocycles. The summed E-state index contributed by atoms with van der Waals surface area (Å²) in [5, 5.41) is 0. The van der Waals surface area contributed by atoms with Crippen LogP contribution in [0.2, 0.25) is 0 Å². The van der Waals surface area contributed by atoms with E-state index in [0.717, 1.165) is 18.4 Å². The molecule has 0 aromatic carbocycles. The number of hydrogen-bond donors (Lipinski definition) is 0. The largest absolute Gasteiger partial charge is 0.472 e. The zero-order valence-electron chi connectivity index (χ0n) is 6.70. The molecule has 0 aliphatic carbocycles. The summed E-state index contributed by atoms with van der Waals surface area (Å²) >= 11 is 0. The molecule has 0 radical (unpaired) electrons. The van der Waals surface area contributed by atoms with E-state index >= 15 is 0 Å². The van der Waals surface area contributed by atoms with Crippen molar-refractivity contribution in [2.24, 2.45) is 0 Å². The molecule has 0 aliphatic rings. The number of carbonyl (C=O) groups excluding carboxylic acids is 1. The number of carbonyl (C=O) groups is 1. The van der Waals surface area contributed by atoms with Gasteiger partial charge < -0.3 is 9.32 Å². The van der Waals surface area contributed by atoms with Gasteiger partial charge in [0.05, 0.1) is 11.8 Å². The highest BCUT2D eigenvalue weighted by molar-refractivity contribution is 5.76. The normalized spacial score (nSPS) is 10.5. The molecule has 0 saturated heterocycles. The lowest BCUT2D eigenvalue weighted by Crippen LogP contribution is -2.11. The first kappa shape index (κ1) is 8.01. The van der Waals surface area contributed by atoms with Crippen molar-refractivity contribution in [2.75, 3.05) is 14.1 Å². The zero-order chi connectivity index (χ0) is 8.27. The van der Waals surface area contributed by atoms with Crippen molar-refractivity contribution < 1.29 is 9.21 Å². The van der Waals surface area contributed by atoms with Gasteiger partial charge in [0.2, 0.25) is 0 Å². The Balaban J connectivity index is 2.76. The molecule has 1 heterocycles. The van der Waals surface area contributed by atoms with Gasteiger partial charge in [0.25, 0.3) is 0 Å². The zero-order valence-corrected chi connectivity index (χ0v) is 6.70. The maximum atomic E-state index is 10.4. The van der Waals surface area contributed by atoms with Crippen LogP contribution in [0.5, 0.6) is 0 Å². The average molecular weight is 153 g/mol.